The van der Waals surface area contributed by atoms with Crippen LogP contribution in [0.3, 0.4) is 0 Å². The molecule has 1 fully saturated rings. The lowest BCUT2D eigenvalue weighted by atomic mass is 10.0. The average molecular weight is 425 g/mol. The lowest BCUT2D eigenvalue weighted by Gasteiger charge is -2.52. The number of morpholine rings is 1. The molecule has 1 rings (SSSR count). The van der Waals surface area contributed by atoms with Crippen molar-refractivity contribution in [1.82, 2.24) is 4.90 Å². The van der Waals surface area contributed by atoms with E-state index in [0.29, 0.717) is 0 Å². The normalized spacial score (nSPS) is 27.6. The Morgan fingerprint density at radius 3 is 1.31 bits per heavy atom. The number of ether oxygens (including phenoxy) is 1. The molecule has 1 aliphatic heterocycles. The largest absolute Gasteiger partial charge is 0.477 e. The van der Waals surface area contributed by atoms with Gasteiger partial charge in [0.05, 0.1) is 0 Å². The highest BCUT2D eigenvalue weighted by Gasteiger charge is 2.94. The molecule has 0 amide bonds. The van der Waals surface area contributed by atoms with Crippen molar-refractivity contribution >= 4 is 5.97 Å². The van der Waals surface area contributed by atoms with Crippen LogP contribution in [0, 0.1) is 0 Å². The maximum atomic E-state index is 13.9. The summed E-state index contributed by atoms with van der Waals surface area (Å²) in [7, 11) is 0. The standard InChI is InChI=1S/C8HF14NO3/c9-2(10,1(24)25)3(11,4(12,13)14)23-5(15,16)7(19,20)26-8(21,22)6(23,17)18/h(H,24,25). The molecule has 1 atom stereocenters. The summed E-state index contributed by atoms with van der Waals surface area (Å²) in [5.74, 6) is -19.7. The van der Waals surface area contributed by atoms with Crippen molar-refractivity contribution in [3.8, 4) is 0 Å². The molecule has 4 nitrogen and oxygen atoms in total. The number of carbonyl (C=O) groups is 1. The van der Waals surface area contributed by atoms with Gasteiger partial charge in [-0.2, -0.15) is 57.1 Å². The van der Waals surface area contributed by atoms with Crippen molar-refractivity contribution in [3.63, 3.8) is 0 Å². The van der Waals surface area contributed by atoms with Crippen LogP contribution in [-0.4, -0.2) is 58.2 Å². The van der Waals surface area contributed by atoms with E-state index in [1.807, 2.05) is 0 Å². The van der Waals surface area contributed by atoms with Gasteiger partial charge in [0.15, 0.2) is 0 Å². The predicted molar refractivity (Wildman–Crippen MR) is 45.2 cm³/mol. The zero-order valence-electron chi connectivity index (χ0n) is 11.0. The number of carboxylic acid groups (broad SMARTS) is 1. The first-order chi connectivity index (χ1) is 11.0. The SMILES string of the molecule is O=C(O)C(F)(F)C(F)(N1C(F)(F)C(F)(F)OC(F)(F)C1(F)F)C(F)(F)F. The number of carboxylic acids is 1. The zero-order chi connectivity index (χ0) is 21.4. The highest BCUT2D eigenvalue weighted by atomic mass is 19.4. The minimum Gasteiger partial charge on any atom is -0.477 e. The van der Waals surface area contributed by atoms with Crippen LogP contribution < -0.4 is 0 Å². The van der Waals surface area contributed by atoms with E-state index >= 15 is 0 Å². The molecule has 0 spiro atoms. The number of alkyl halides is 14. The molecule has 154 valence electrons. The van der Waals surface area contributed by atoms with Crippen LogP contribution in [0.15, 0.2) is 0 Å². The summed E-state index contributed by atoms with van der Waals surface area (Å²) in [6.07, 6.45) is -22.0. The molecule has 0 aliphatic carbocycles. The van der Waals surface area contributed by atoms with Crippen molar-refractivity contribution in [2.75, 3.05) is 0 Å². The Morgan fingerprint density at radius 1 is 0.769 bits per heavy atom. The monoisotopic (exact) mass is 425 g/mol. The second-order valence-corrected chi connectivity index (χ2v) is 4.55. The van der Waals surface area contributed by atoms with Crippen LogP contribution in [0.25, 0.3) is 0 Å². The van der Waals surface area contributed by atoms with Crippen molar-refractivity contribution in [2.45, 2.75) is 42.2 Å². The fraction of sp³-hybridized carbons (Fsp3) is 0.875. The molecular weight excluding hydrogens is 424 g/mol. The maximum Gasteiger partial charge on any atom is 0.444 e. The van der Waals surface area contributed by atoms with Gasteiger partial charge in [0, 0.05) is 0 Å². The lowest BCUT2D eigenvalue weighted by molar-refractivity contribution is -0.594. The number of nitrogens with zero attached hydrogens (tertiary/aromatic N) is 1. The first-order valence-corrected chi connectivity index (χ1v) is 5.40. The van der Waals surface area contributed by atoms with E-state index in [2.05, 4.69) is 0 Å². The molecule has 0 radical (unpaired) electrons. The number of rotatable bonds is 3. The summed E-state index contributed by atoms with van der Waals surface area (Å²) < 4.78 is 184. The van der Waals surface area contributed by atoms with Crippen LogP contribution >= 0.6 is 0 Å². The first-order valence-electron chi connectivity index (χ1n) is 5.40. The Kier molecular flexibility index (Phi) is 4.52. The summed E-state index contributed by atoms with van der Waals surface area (Å²) in [5, 5.41) is 7.86. The van der Waals surface area contributed by atoms with Gasteiger partial charge in [0.1, 0.15) is 0 Å². The number of aliphatic carboxylic acids is 1. The van der Waals surface area contributed by atoms with E-state index in [1.54, 1.807) is 4.74 Å². The van der Waals surface area contributed by atoms with E-state index in [-0.39, 0.29) is 0 Å². The van der Waals surface area contributed by atoms with E-state index in [1.165, 1.54) is 0 Å². The van der Waals surface area contributed by atoms with Gasteiger partial charge < -0.3 is 5.11 Å². The summed E-state index contributed by atoms with van der Waals surface area (Å²) in [5.41, 5.74) is 0. The van der Waals surface area contributed by atoms with E-state index in [4.69, 9.17) is 5.11 Å². The summed E-state index contributed by atoms with van der Waals surface area (Å²) in [6, 6.07) is -15.1. The van der Waals surface area contributed by atoms with Crippen molar-refractivity contribution in [2.24, 2.45) is 0 Å². The van der Waals surface area contributed by atoms with Crippen LogP contribution in [0.4, 0.5) is 61.5 Å². The number of hydrogen-bond acceptors (Lipinski definition) is 3. The Hall–Kier alpha value is -1.59. The second-order valence-electron chi connectivity index (χ2n) is 4.55. The van der Waals surface area contributed by atoms with Crippen LogP contribution in [0.1, 0.15) is 0 Å². The van der Waals surface area contributed by atoms with Crippen LogP contribution in [0.2, 0.25) is 0 Å². The van der Waals surface area contributed by atoms with E-state index < -0.39 is 53.1 Å². The molecule has 1 aliphatic rings. The van der Waals surface area contributed by atoms with Crippen molar-refractivity contribution in [1.29, 1.82) is 0 Å². The van der Waals surface area contributed by atoms with E-state index in [0.717, 1.165) is 0 Å². The maximum absolute atomic E-state index is 13.9. The third kappa shape index (κ3) is 2.48. The van der Waals surface area contributed by atoms with Gasteiger partial charge in [-0.05, 0) is 0 Å². The quantitative estimate of drug-likeness (QED) is 0.555. The highest BCUT2D eigenvalue weighted by molar-refractivity contribution is 5.77. The molecule has 1 N–H and O–H groups in total. The zero-order valence-corrected chi connectivity index (χ0v) is 11.0. The number of halogens is 14. The molecule has 0 aromatic heterocycles. The molecule has 1 saturated heterocycles. The fourth-order valence-electron chi connectivity index (χ4n) is 1.69. The van der Waals surface area contributed by atoms with Crippen LogP contribution in [-0.2, 0) is 9.53 Å². The molecular formula is C8HF14NO3. The predicted octanol–water partition coefficient (Wildman–Crippen LogP) is 3.64. The van der Waals surface area contributed by atoms with E-state index in [9.17, 15) is 66.3 Å². The van der Waals surface area contributed by atoms with Gasteiger partial charge in [0.2, 0.25) is 0 Å². The van der Waals surface area contributed by atoms with Crippen molar-refractivity contribution in [3.05, 3.63) is 0 Å². The molecule has 0 aromatic rings. The summed E-state index contributed by atoms with van der Waals surface area (Å²) in [4.78, 5) is 5.84. The van der Waals surface area contributed by atoms with Crippen LogP contribution in [0.5, 0.6) is 0 Å². The highest BCUT2D eigenvalue weighted by Crippen LogP contribution is 2.63. The van der Waals surface area contributed by atoms with Gasteiger partial charge >= 0.3 is 48.2 Å². The van der Waals surface area contributed by atoms with Crippen molar-refractivity contribution < 1.29 is 76.1 Å². The third-order valence-corrected chi connectivity index (χ3v) is 2.89. The topological polar surface area (TPSA) is 49.8 Å². The Labute approximate surface area is 130 Å². The minimum atomic E-state index is -7.94. The van der Waals surface area contributed by atoms with Gasteiger partial charge in [0.25, 0.3) is 0 Å². The second kappa shape index (κ2) is 5.23. The molecule has 26 heavy (non-hydrogen) atoms. The summed E-state index contributed by atoms with van der Waals surface area (Å²) in [6.45, 7) is 0. The fourth-order valence-corrected chi connectivity index (χ4v) is 1.69. The van der Waals surface area contributed by atoms with Gasteiger partial charge in [-0.25, -0.2) is 13.9 Å². The Morgan fingerprint density at radius 2 is 1.08 bits per heavy atom. The average Bonchev–Trinajstić information content (AvgIpc) is 2.33. The molecule has 1 heterocycles. The van der Waals surface area contributed by atoms with Gasteiger partial charge in [-0.1, -0.05) is 0 Å². The summed E-state index contributed by atoms with van der Waals surface area (Å²) >= 11 is 0. The molecule has 18 heteroatoms. The Balaban J connectivity index is 4.01. The molecule has 1 unspecified atom stereocenters. The lowest BCUT2D eigenvalue weighted by Crippen LogP contribution is -2.84. The smallest absolute Gasteiger partial charge is 0.444 e. The Bertz CT molecular complexity index is 573. The molecule has 0 aromatic carbocycles. The number of hydrogen-bond donors (Lipinski definition) is 1. The van der Waals surface area contributed by atoms with Gasteiger partial charge in [-0.15, -0.1) is 4.90 Å². The van der Waals surface area contributed by atoms with Gasteiger partial charge in [-0.3, -0.25) is 0 Å². The molecule has 0 bridgehead atoms. The third-order valence-electron chi connectivity index (χ3n) is 2.89. The first kappa shape index (κ1) is 22.5. The minimum absolute atomic E-state index is 1.67. The molecule has 0 saturated carbocycles.